The monoisotopic (exact) mass is 1120 g/mol. The second-order valence-electron chi connectivity index (χ2n) is 23.1. The predicted molar refractivity (Wildman–Crippen MR) is 312 cm³/mol. The van der Waals surface area contributed by atoms with Gasteiger partial charge in [0.15, 0.2) is 0 Å². The van der Waals surface area contributed by atoms with E-state index in [-0.39, 0.29) is 47.5 Å². The smallest absolute Gasteiger partial charge is 0.246 e. The normalized spacial score (nSPS) is 23.4. The Bertz CT molecular complexity index is 2810. The van der Waals surface area contributed by atoms with E-state index in [1.54, 1.807) is 37.7 Å². The van der Waals surface area contributed by atoms with Gasteiger partial charge in [0.1, 0.15) is 29.9 Å². The molecule has 3 aromatic carbocycles. The van der Waals surface area contributed by atoms with E-state index in [1.165, 1.54) is 11.1 Å². The first-order valence-corrected chi connectivity index (χ1v) is 30.2. The third-order valence-electron chi connectivity index (χ3n) is 17.4. The Morgan fingerprint density at radius 1 is 0.585 bits per heavy atom. The highest BCUT2D eigenvalue weighted by molar-refractivity contribution is 5.95. The molecule has 4 saturated heterocycles. The molecule has 6 unspecified atom stereocenters. The standard InChI is InChI=1S/C62H86N14O6/c1-41(63-3)57(77)65-49-27-13-11-25-47-33-35-53(75(47)61(49)81)59(79)67-55(45-21-7-5-8-22-45)51-39-73(71-69-51)37-17-15-19-43-29-31-44(32-30-43)20-16-18-38-74-40-52(70-72-74)56(46-23-9-6-10-24-46)68-60(80)54-36-34-48-26-12-14-28-50(62(82)76(48)54)66-58(78)42(2)64-4/h5-10,21-24,29-32,39-42,47-50,53-56,63-64,69,71H,11-20,25-28,33-38H2,1-4H3,(H,65,77)(H,66,78)(H,67,79)(H,68,80)/t41-,42-,47?,48?,49?,50?,53?,54-,55-,56?/m0/s1. The fourth-order valence-corrected chi connectivity index (χ4v) is 12.4. The van der Waals surface area contributed by atoms with E-state index >= 15 is 0 Å². The molecule has 9 rings (SSSR count). The van der Waals surface area contributed by atoms with Gasteiger partial charge >= 0.3 is 0 Å². The fraction of sp³-hybridized carbons (Fsp3) is 0.548. The van der Waals surface area contributed by atoms with Gasteiger partial charge in [-0.1, -0.05) is 116 Å². The van der Waals surface area contributed by atoms with Gasteiger partial charge in [0.2, 0.25) is 35.4 Å². The molecule has 20 heteroatoms. The van der Waals surface area contributed by atoms with Gasteiger partial charge in [-0.2, -0.15) is 0 Å². The number of aromatic nitrogens is 3. The minimum absolute atomic E-state index is 0.0343. The van der Waals surface area contributed by atoms with E-state index in [4.69, 9.17) is 0 Å². The van der Waals surface area contributed by atoms with Crippen molar-refractivity contribution in [3.8, 4) is 0 Å². The van der Waals surface area contributed by atoms with Crippen LogP contribution in [0.4, 0.5) is 0 Å². The van der Waals surface area contributed by atoms with Crippen LogP contribution in [0.2, 0.25) is 0 Å². The number of likely N-dealkylation sites (N-methyl/N-ethyl adjacent to an activating group) is 2. The van der Waals surface area contributed by atoms with Crippen LogP contribution in [-0.2, 0) is 48.2 Å². The molecule has 0 bridgehead atoms. The summed E-state index contributed by atoms with van der Waals surface area (Å²) in [7, 11) is 3.43. The van der Waals surface area contributed by atoms with Gasteiger partial charge in [-0.15, -0.1) is 10.6 Å². The number of carbonyl (C=O) groups excluding carboxylic acids is 6. The second kappa shape index (κ2) is 28.7. The molecule has 6 amide bonds. The van der Waals surface area contributed by atoms with Crippen molar-refractivity contribution in [2.24, 2.45) is 0 Å². The molecule has 0 spiro atoms. The van der Waals surface area contributed by atoms with Crippen LogP contribution in [0.1, 0.15) is 157 Å². The number of hydrogen-bond acceptors (Lipinski definition) is 13. The summed E-state index contributed by atoms with van der Waals surface area (Å²) in [6.45, 7) is 4.96. The van der Waals surface area contributed by atoms with Crippen LogP contribution in [0.15, 0.2) is 103 Å². The number of amides is 6. The molecule has 0 radical (unpaired) electrons. The number of nitrogens with zero attached hydrogens (tertiary/aromatic N) is 6. The first-order chi connectivity index (χ1) is 39.9. The molecule has 0 aliphatic carbocycles. The number of aryl methyl sites for hydroxylation is 3. The third kappa shape index (κ3) is 14.9. The Labute approximate surface area is 483 Å². The Morgan fingerprint density at radius 2 is 1.06 bits per heavy atom. The van der Waals surface area contributed by atoms with Crippen LogP contribution in [-0.4, -0.2) is 134 Å². The Hall–Kier alpha value is -7.16. The highest BCUT2D eigenvalue weighted by Crippen LogP contribution is 2.35. The van der Waals surface area contributed by atoms with Gasteiger partial charge < -0.3 is 47.1 Å². The quantitative estimate of drug-likeness (QED) is 0.0437. The molecule has 1 aromatic heterocycles. The summed E-state index contributed by atoms with van der Waals surface area (Å²) in [5.41, 5.74) is 12.4. The summed E-state index contributed by atoms with van der Waals surface area (Å²) >= 11 is 0. The van der Waals surface area contributed by atoms with Gasteiger partial charge in [0.05, 0.1) is 36.1 Å². The maximum absolute atomic E-state index is 14.3. The summed E-state index contributed by atoms with van der Waals surface area (Å²) in [5, 5.41) is 29.4. The van der Waals surface area contributed by atoms with E-state index in [1.807, 2.05) is 82.8 Å². The number of rotatable bonds is 24. The molecule has 82 heavy (non-hydrogen) atoms. The Morgan fingerprint density at radius 3 is 1.57 bits per heavy atom. The van der Waals surface area contributed by atoms with Crippen LogP contribution >= 0.6 is 0 Å². The molecule has 0 saturated carbocycles. The van der Waals surface area contributed by atoms with Crippen molar-refractivity contribution in [3.63, 3.8) is 0 Å². The fourth-order valence-electron chi connectivity index (χ4n) is 12.4. The topological polar surface area (TPSA) is 239 Å². The van der Waals surface area contributed by atoms with E-state index in [2.05, 4.69) is 77.4 Å². The zero-order chi connectivity index (χ0) is 57.5. The first kappa shape index (κ1) is 59.5. The average molecular weight is 1120 g/mol. The number of benzene rings is 3. The van der Waals surface area contributed by atoms with Crippen LogP contribution in [0.5, 0.6) is 0 Å². The number of hydrogen-bond donors (Lipinski definition) is 8. The maximum atomic E-state index is 14.3. The van der Waals surface area contributed by atoms with Crippen LogP contribution in [0.25, 0.3) is 0 Å². The van der Waals surface area contributed by atoms with E-state index in [0.717, 1.165) is 113 Å². The highest BCUT2D eigenvalue weighted by atomic mass is 16.2. The Balaban J connectivity index is 0.728. The lowest BCUT2D eigenvalue weighted by Crippen LogP contribution is -2.58. The molecule has 4 fully saturated rings. The highest BCUT2D eigenvalue weighted by Gasteiger charge is 2.46. The molecule has 6 heterocycles. The zero-order valence-electron chi connectivity index (χ0n) is 48.3. The lowest BCUT2D eigenvalue weighted by Gasteiger charge is -2.36. The predicted octanol–water partition coefficient (Wildman–Crippen LogP) is 4.91. The SMILES string of the molecule is CN[C@@H](C)C(=O)NC1CCCCC2CCC(C(=O)N[C@H](C3=CN(CCCCc4ccc(CCCCn5cc(C(NC(=O)[C@@H]6CCC7CCCCC(NC(=O)[C@H](C)NC)C(=O)N76)c6ccccc6)nn5)cc4)NN3)c3ccccc3)N2C1=O. The van der Waals surface area contributed by atoms with Crippen molar-refractivity contribution in [1.29, 1.82) is 0 Å². The van der Waals surface area contributed by atoms with Crippen LogP contribution in [0, 0.1) is 0 Å². The molecule has 5 aliphatic heterocycles. The second-order valence-corrected chi connectivity index (χ2v) is 23.1. The maximum Gasteiger partial charge on any atom is 0.246 e. The minimum Gasteiger partial charge on any atom is -0.343 e. The number of nitrogens with one attached hydrogen (secondary N) is 8. The van der Waals surface area contributed by atoms with Gasteiger partial charge in [0.25, 0.3) is 0 Å². The van der Waals surface area contributed by atoms with E-state index < -0.39 is 48.3 Å². The summed E-state index contributed by atoms with van der Waals surface area (Å²) in [4.78, 5) is 86.1. The number of unbranched alkanes of at least 4 members (excludes halogenated alkanes) is 2. The molecule has 10 atom stereocenters. The van der Waals surface area contributed by atoms with Crippen LogP contribution < -0.4 is 42.9 Å². The number of fused-ring (bicyclic) bond motifs is 2. The van der Waals surface area contributed by atoms with Crippen molar-refractivity contribution in [2.45, 2.75) is 196 Å². The number of carbonyl (C=O) groups is 6. The first-order valence-electron chi connectivity index (χ1n) is 30.2. The van der Waals surface area contributed by atoms with Gasteiger partial charge in [-0.25, -0.2) is 0 Å². The molecular weight excluding hydrogens is 1040 g/mol. The van der Waals surface area contributed by atoms with Crippen molar-refractivity contribution in [2.75, 3.05) is 20.6 Å². The number of hydrazine groups is 2. The van der Waals surface area contributed by atoms with Crippen molar-refractivity contribution < 1.29 is 28.8 Å². The van der Waals surface area contributed by atoms with Gasteiger partial charge in [-0.05, 0) is 140 Å². The van der Waals surface area contributed by atoms with Crippen molar-refractivity contribution in [1.82, 2.24) is 72.7 Å². The molecule has 8 N–H and O–H groups in total. The minimum atomic E-state index is -0.674. The summed E-state index contributed by atoms with van der Waals surface area (Å²) in [6.07, 6.45) is 18.6. The zero-order valence-corrected chi connectivity index (χ0v) is 48.3. The van der Waals surface area contributed by atoms with Gasteiger partial charge in [0, 0.05) is 31.4 Å². The lowest BCUT2D eigenvalue weighted by atomic mass is 9.98. The molecule has 5 aliphatic rings. The van der Waals surface area contributed by atoms with Crippen molar-refractivity contribution >= 4 is 35.4 Å². The van der Waals surface area contributed by atoms with Crippen LogP contribution in [0.3, 0.4) is 0 Å². The average Bonchev–Trinajstić information content (AvgIpc) is 4.46. The molecule has 440 valence electrons. The molecular formula is C62H86N14O6. The summed E-state index contributed by atoms with van der Waals surface area (Å²) in [6, 6.07) is 23.9. The summed E-state index contributed by atoms with van der Waals surface area (Å²) in [5.74, 6) is -1.25. The van der Waals surface area contributed by atoms with E-state index in [9.17, 15) is 28.8 Å². The molecule has 20 nitrogen and oxygen atoms in total. The largest absolute Gasteiger partial charge is 0.343 e. The lowest BCUT2D eigenvalue weighted by molar-refractivity contribution is -0.144. The third-order valence-corrected chi connectivity index (χ3v) is 17.4. The van der Waals surface area contributed by atoms with E-state index in [0.29, 0.717) is 37.9 Å². The van der Waals surface area contributed by atoms with Crippen molar-refractivity contribution in [3.05, 3.63) is 131 Å². The summed E-state index contributed by atoms with van der Waals surface area (Å²) < 4.78 is 1.84. The molecule has 4 aromatic rings. The Kier molecular flexibility index (Phi) is 20.8. The van der Waals surface area contributed by atoms with Gasteiger partial charge in [-0.3, -0.25) is 38.5 Å².